The smallest absolute Gasteiger partial charge is 0.354 e. The number of aromatic nitrogens is 1. The zero-order valence-electron chi connectivity index (χ0n) is 14.9. The van der Waals surface area contributed by atoms with E-state index < -0.39 is 5.97 Å². The number of hydrogen-bond acceptors (Lipinski definition) is 3. The molecule has 1 fully saturated rings. The van der Waals surface area contributed by atoms with Crippen molar-refractivity contribution in [3.63, 3.8) is 0 Å². The fourth-order valence-electron chi connectivity index (χ4n) is 3.52. The van der Waals surface area contributed by atoms with Gasteiger partial charge in [-0.05, 0) is 68.7 Å². The Bertz CT molecular complexity index is 739. The van der Waals surface area contributed by atoms with Crippen molar-refractivity contribution in [2.75, 3.05) is 0 Å². The van der Waals surface area contributed by atoms with Gasteiger partial charge in [0.2, 0.25) is 0 Å². The first-order valence-corrected chi connectivity index (χ1v) is 8.94. The molecule has 4 heteroatoms. The number of carboxylic acid groups (broad SMARTS) is 1. The summed E-state index contributed by atoms with van der Waals surface area (Å²) >= 11 is 0. The number of nitrogens with zero attached hydrogens (tertiary/aromatic N) is 1. The van der Waals surface area contributed by atoms with Gasteiger partial charge >= 0.3 is 5.97 Å². The van der Waals surface area contributed by atoms with Crippen LogP contribution in [0.2, 0.25) is 0 Å². The molecule has 1 N–H and O–H groups in total. The predicted octanol–water partition coefficient (Wildman–Crippen LogP) is 4.64. The van der Waals surface area contributed by atoms with Gasteiger partial charge < -0.3 is 9.84 Å². The van der Waals surface area contributed by atoms with Crippen molar-refractivity contribution in [3.05, 3.63) is 64.5 Å². The van der Waals surface area contributed by atoms with Gasteiger partial charge in [-0.1, -0.05) is 29.8 Å². The molecule has 2 atom stereocenters. The second kappa shape index (κ2) is 7.79. The second-order valence-electron chi connectivity index (χ2n) is 6.88. The lowest BCUT2D eigenvalue weighted by molar-refractivity contribution is -0.0546. The molecular weight excluding hydrogens is 314 g/mol. The zero-order valence-corrected chi connectivity index (χ0v) is 14.9. The van der Waals surface area contributed by atoms with Gasteiger partial charge in [0, 0.05) is 6.20 Å². The van der Waals surface area contributed by atoms with Gasteiger partial charge in [-0.15, -0.1) is 0 Å². The van der Waals surface area contributed by atoms with Gasteiger partial charge in [-0.2, -0.15) is 0 Å². The molecule has 0 spiro atoms. The summed E-state index contributed by atoms with van der Waals surface area (Å²) < 4.78 is 6.32. The maximum Gasteiger partial charge on any atom is 0.354 e. The monoisotopic (exact) mass is 339 g/mol. The van der Waals surface area contributed by atoms with Crippen LogP contribution in [-0.4, -0.2) is 22.2 Å². The Balaban J connectivity index is 1.63. The molecule has 0 bridgehead atoms. The van der Waals surface area contributed by atoms with Crippen LogP contribution in [0.25, 0.3) is 0 Å². The summed E-state index contributed by atoms with van der Waals surface area (Å²) in [7, 11) is 0. The van der Waals surface area contributed by atoms with Crippen LogP contribution < -0.4 is 0 Å². The molecule has 0 aliphatic carbocycles. The van der Waals surface area contributed by atoms with E-state index in [0.29, 0.717) is 0 Å². The number of aromatic carboxylic acids is 1. The van der Waals surface area contributed by atoms with Crippen LogP contribution in [0.3, 0.4) is 0 Å². The Morgan fingerprint density at radius 1 is 1.20 bits per heavy atom. The minimum atomic E-state index is -0.965. The van der Waals surface area contributed by atoms with Crippen LogP contribution in [0, 0.1) is 13.8 Å². The molecule has 4 nitrogen and oxygen atoms in total. The summed E-state index contributed by atoms with van der Waals surface area (Å²) in [6.07, 6.45) is 7.01. The molecule has 1 aromatic carbocycles. The van der Waals surface area contributed by atoms with Crippen molar-refractivity contribution in [3.8, 4) is 0 Å². The molecule has 0 amide bonds. The van der Waals surface area contributed by atoms with Crippen LogP contribution in [0.5, 0.6) is 0 Å². The topological polar surface area (TPSA) is 59.4 Å². The second-order valence-corrected chi connectivity index (χ2v) is 6.88. The number of aryl methyl sites for hydroxylation is 2. The molecule has 3 rings (SSSR count). The van der Waals surface area contributed by atoms with Crippen molar-refractivity contribution < 1.29 is 14.6 Å². The fraction of sp³-hybridized carbons (Fsp3) is 0.429. The van der Waals surface area contributed by atoms with E-state index in [2.05, 4.69) is 36.2 Å². The largest absolute Gasteiger partial charge is 0.477 e. The third-order valence-electron chi connectivity index (χ3n) is 5.05. The molecule has 2 aromatic rings. The third-order valence-corrected chi connectivity index (χ3v) is 5.05. The summed E-state index contributed by atoms with van der Waals surface area (Å²) in [6, 6.07) is 10.5. The standard InChI is InChI=1S/C21H25NO3/c1-14-6-8-17(9-7-14)19-5-3-4-18(25-19)11-10-16-12-13-22-20(15(16)2)21(23)24/h6-9,12-13,18-19H,3-5,10-11H2,1-2H3,(H,23,24)/t18-,19+/m1/s1. The molecule has 0 radical (unpaired) electrons. The third kappa shape index (κ3) is 4.26. The SMILES string of the molecule is Cc1ccc([C@@H]2CCC[C@H](CCc3ccnc(C(=O)O)c3C)O2)cc1. The summed E-state index contributed by atoms with van der Waals surface area (Å²) in [5.41, 5.74) is 4.48. The summed E-state index contributed by atoms with van der Waals surface area (Å²) in [4.78, 5) is 15.2. The van der Waals surface area contributed by atoms with Gasteiger partial charge in [-0.3, -0.25) is 0 Å². The van der Waals surface area contributed by atoms with E-state index in [9.17, 15) is 9.90 Å². The molecule has 1 saturated heterocycles. The molecule has 132 valence electrons. The quantitative estimate of drug-likeness (QED) is 0.862. The molecule has 0 saturated carbocycles. The number of rotatable bonds is 5. The normalized spacial score (nSPS) is 20.4. The Kier molecular flexibility index (Phi) is 5.49. The van der Waals surface area contributed by atoms with Gasteiger partial charge in [0.15, 0.2) is 5.69 Å². The molecule has 2 heterocycles. The first-order valence-electron chi connectivity index (χ1n) is 8.94. The molecule has 25 heavy (non-hydrogen) atoms. The number of carbonyl (C=O) groups is 1. The summed E-state index contributed by atoms with van der Waals surface area (Å²) in [6.45, 7) is 3.93. The lowest BCUT2D eigenvalue weighted by Gasteiger charge is -2.30. The number of hydrogen-bond donors (Lipinski definition) is 1. The highest BCUT2D eigenvalue weighted by Gasteiger charge is 2.24. The average molecular weight is 339 g/mol. The van der Waals surface area contributed by atoms with Crippen LogP contribution in [0.4, 0.5) is 0 Å². The lowest BCUT2D eigenvalue weighted by Crippen LogP contribution is -2.23. The van der Waals surface area contributed by atoms with E-state index in [1.54, 1.807) is 6.20 Å². The summed E-state index contributed by atoms with van der Waals surface area (Å²) in [5.74, 6) is -0.965. The van der Waals surface area contributed by atoms with Gasteiger partial charge in [-0.25, -0.2) is 9.78 Å². The highest BCUT2D eigenvalue weighted by atomic mass is 16.5. The number of benzene rings is 1. The highest BCUT2D eigenvalue weighted by molar-refractivity contribution is 5.87. The van der Waals surface area contributed by atoms with E-state index in [4.69, 9.17) is 4.74 Å². The van der Waals surface area contributed by atoms with Gasteiger partial charge in [0.25, 0.3) is 0 Å². The molecule has 1 aliphatic rings. The maximum atomic E-state index is 11.2. The minimum absolute atomic E-state index is 0.152. The van der Waals surface area contributed by atoms with Crippen molar-refractivity contribution >= 4 is 5.97 Å². The maximum absolute atomic E-state index is 11.2. The van der Waals surface area contributed by atoms with Crippen molar-refractivity contribution in [2.24, 2.45) is 0 Å². The van der Waals surface area contributed by atoms with E-state index in [-0.39, 0.29) is 17.9 Å². The number of pyridine rings is 1. The Labute approximate surface area is 148 Å². The van der Waals surface area contributed by atoms with E-state index in [1.165, 1.54) is 17.5 Å². The zero-order chi connectivity index (χ0) is 17.8. The lowest BCUT2D eigenvalue weighted by atomic mass is 9.94. The van der Waals surface area contributed by atoms with Crippen molar-refractivity contribution in [1.82, 2.24) is 4.98 Å². The number of carboxylic acids is 1. The van der Waals surface area contributed by atoms with Crippen molar-refractivity contribution in [1.29, 1.82) is 0 Å². The minimum Gasteiger partial charge on any atom is -0.477 e. The Morgan fingerprint density at radius 2 is 1.96 bits per heavy atom. The average Bonchev–Trinajstić information content (AvgIpc) is 2.61. The highest BCUT2D eigenvalue weighted by Crippen LogP contribution is 2.33. The molecule has 1 aliphatic heterocycles. The Hall–Kier alpha value is -2.20. The number of ether oxygens (including phenoxy) is 1. The van der Waals surface area contributed by atoms with Gasteiger partial charge in [0.05, 0.1) is 12.2 Å². The van der Waals surface area contributed by atoms with E-state index in [1.807, 2.05) is 13.0 Å². The van der Waals surface area contributed by atoms with Crippen molar-refractivity contribution in [2.45, 2.75) is 58.2 Å². The van der Waals surface area contributed by atoms with Gasteiger partial charge in [0.1, 0.15) is 0 Å². The van der Waals surface area contributed by atoms with E-state index >= 15 is 0 Å². The van der Waals surface area contributed by atoms with Crippen LogP contribution >= 0.6 is 0 Å². The van der Waals surface area contributed by atoms with Crippen LogP contribution in [0.1, 0.15) is 64.5 Å². The molecule has 1 aromatic heterocycles. The van der Waals surface area contributed by atoms with E-state index in [0.717, 1.165) is 36.8 Å². The van der Waals surface area contributed by atoms with Crippen LogP contribution in [0.15, 0.2) is 36.5 Å². The van der Waals surface area contributed by atoms with Crippen LogP contribution in [-0.2, 0) is 11.2 Å². The fourth-order valence-corrected chi connectivity index (χ4v) is 3.52. The predicted molar refractivity (Wildman–Crippen MR) is 96.9 cm³/mol. The molecule has 0 unspecified atom stereocenters. The first kappa shape index (κ1) is 17.6. The summed E-state index contributed by atoms with van der Waals surface area (Å²) in [5, 5.41) is 9.20. The first-order chi connectivity index (χ1) is 12.0. The Morgan fingerprint density at radius 3 is 2.68 bits per heavy atom. The molecular formula is C21H25NO3.